The van der Waals surface area contributed by atoms with Gasteiger partial charge in [-0.15, -0.1) is 0 Å². The van der Waals surface area contributed by atoms with Crippen molar-refractivity contribution < 1.29 is 59.9 Å². The molecule has 0 aliphatic carbocycles. The van der Waals surface area contributed by atoms with Crippen molar-refractivity contribution in [1.82, 2.24) is 20.7 Å². The summed E-state index contributed by atoms with van der Waals surface area (Å²) in [5.41, 5.74) is 1.89. The summed E-state index contributed by atoms with van der Waals surface area (Å²) in [6.07, 6.45) is -8.64. The summed E-state index contributed by atoms with van der Waals surface area (Å²) in [5.74, 6) is -4.91. The normalized spacial score (nSPS) is 11.1. The van der Waals surface area contributed by atoms with Gasteiger partial charge in [-0.25, -0.2) is 9.59 Å². The zero-order chi connectivity index (χ0) is 27.8. The Balaban J connectivity index is 0.000000286. The Morgan fingerprint density at radius 2 is 1.51 bits per heavy atom. The number of halogens is 6. The Morgan fingerprint density at radius 3 is 2.05 bits per heavy atom. The van der Waals surface area contributed by atoms with Gasteiger partial charge in [0.2, 0.25) is 5.76 Å². The smallest absolute Gasteiger partial charge is 0.475 e. The van der Waals surface area contributed by atoms with E-state index in [0.29, 0.717) is 18.1 Å². The molecule has 37 heavy (non-hydrogen) atoms. The van der Waals surface area contributed by atoms with Crippen molar-refractivity contribution in [3.05, 3.63) is 60.1 Å². The number of alkyl halides is 6. The molecule has 0 aliphatic rings. The molecular weight excluding hydrogens is 522 g/mol. The maximum atomic E-state index is 12.2. The standard InChI is InChI=1S/C16H12N4O3.2C2HF3O2/c21-16(12-8-15(23-20-12)14-6-3-7-22-14)17-9-13-10-4-1-2-5-11(10)18-19-13;2*3-2(4,5)1(6)7/h1-8H,9H2,(H,17,21)(H,18,19);2*(H,6,7). The van der Waals surface area contributed by atoms with Crippen LogP contribution >= 0.6 is 0 Å². The van der Waals surface area contributed by atoms with Gasteiger partial charge in [-0.05, 0) is 18.2 Å². The number of nitrogens with one attached hydrogen (secondary N) is 2. The first-order valence-corrected chi connectivity index (χ1v) is 9.51. The monoisotopic (exact) mass is 536 g/mol. The van der Waals surface area contributed by atoms with Gasteiger partial charge < -0.3 is 24.5 Å². The fourth-order valence-corrected chi connectivity index (χ4v) is 2.33. The van der Waals surface area contributed by atoms with E-state index in [1.807, 2.05) is 24.3 Å². The zero-order valence-electron chi connectivity index (χ0n) is 17.9. The minimum Gasteiger partial charge on any atom is -0.475 e. The summed E-state index contributed by atoms with van der Waals surface area (Å²) in [6.45, 7) is 0.322. The number of fused-ring (bicyclic) bond motifs is 1. The van der Waals surface area contributed by atoms with Crippen molar-refractivity contribution in [2.45, 2.75) is 18.9 Å². The highest BCUT2D eigenvalue weighted by molar-refractivity contribution is 5.93. The molecule has 3 heterocycles. The Labute approximate surface area is 200 Å². The molecule has 0 fully saturated rings. The number of hydrogen-bond acceptors (Lipinski definition) is 7. The molecule has 1 amide bonds. The van der Waals surface area contributed by atoms with Gasteiger partial charge >= 0.3 is 24.3 Å². The Hall–Kier alpha value is -4.83. The van der Waals surface area contributed by atoms with Gasteiger partial charge in [-0.3, -0.25) is 9.89 Å². The number of H-pyrrole nitrogens is 1. The quantitative estimate of drug-likeness (QED) is 0.281. The fraction of sp³-hybridized carbons (Fsp3) is 0.150. The lowest BCUT2D eigenvalue weighted by molar-refractivity contribution is -0.193. The summed E-state index contributed by atoms with van der Waals surface area (Å²) in [6, 6.07) is 12.7. The average Bonchev–Trinajstić information content (AvgIpc) is 3.58. The third-order valence-corrected chi connectivity index (χ3v) is 3.96. The largest absolute Gasteiger partial charge is 0.490 e. The number of furan rings is 1. The van der Waals surface area contributed by atoms with E-state index >= 15 is 0 Å². The minimum absolute atomic E-state index is 0.195. The summed E-state index contributed by atoms with van der Waals surface area (Å²) in [7, 11) is 0. The van der Waals surface area contributed by atoms with Crippen molar-refractivity contribution in [3.63, 3.8) is 0 Å². The molecule has 0 aliphatic heterocycles. The summed E-state index contributed by atoms with van der Waals surface area (Å²) < 4.78 is 73.8. The number of aliphatic carboxylic acids is 2. The molecule has 0 unspecified atom stereocenters. The molecule has 0 atom stereocenters. The molecule has 0 radical (unpaired) electrons. The fourth-order valence-electron chi connectivity index (χ4n) is 2.33. The van der Waals surface area contributed by atoms with Crippen molar-refractivity contribution >= 4 is 28.7 Å². The molecule has 0 saturated heterocycles. The van der Waals surface area contributed by atoms with Crippen LogP contribution < -0.4 is 5.32 Å². The molecular formula is C20H14F6N4O7. The second-order valence-corrected chi connectivity index (χ2v) is 6.56. The van der Waals surface area contributed by atoms with Gasteiger partial charge in [0.25, 0.3) is 5.91 Å². The van der Waals surface area contributed by atoms with Gasteiger partial charge in [-0.1, -0.05) is 23.4 Å². The van der Waals surface area contributed by atoms with E-state index in [1.165, 1.54) is 6.26 Å². The lowest BCUT2D eigenvalue weighted by atomic mass is 10.2. The van der Waals surface area contributed by atoms with Crippen molar-refractivity contribution in [2.24, 2.45) is 0 Å². The van der Waals surface area contributed by atoms with Crippen molar-refractivity contribution in [2.75, 3.05) is 0 Å². The number of hydrogen-bond donors (Lipinski definition) is 4. The number of benzene rings is 1. The first-order valence-electron chi connectivity index (χ1n) is 9.51. The number of nitrogens with zero attached hydrogens (tertiary/aromatic N) is 2. The van der Waals surface area contributed by atoms with Gasteiger partial charge in [0.1, 0.15) is 0 Å². The predicted molar refractivity (Wildman–Crippen MR) is 109 cm³/mol. The van der Waals surface area contributed by atoms with Crippen LogP contribution in [0, 0.1) is 0 Å². The van der Waals surface area contributed by atoms with E-state index in [-0.39, 0.29) is 11.6 Å². The summed E-state index contributed by atoms with van der Waals surface area (Å²) in [5, 5.41) is 28.9. The van der Waals surface area contributed by atoms with Gasteiger partial charge in [-0.2, -0.15) is 31.4 Å². The first-order chi connectivity index (χ1) is 17.2. The Bertz CT molecular complexity index is 1320. The highest BCUT2D eigenvalue weighted by Crippen LogP contribution is 2.21. The minimum atomic E-state index is -5.08. The van der Waals surface area contributed by atoms with E-state index in [9.17, 15) is 31.1 Å². The van der Waals surface area contributed by atoms with Crippen LogP contribution in [-0.4, -0.2) is 55.8 Å². The van der Waals surface area contributed by atoms with E-state index in [4.69, 9.17) is 28.7 Å². The SMILES string of the molecule is O=C(NCc1[nH]nc2ccccc12)c1cc(-c2ccco2)on1.O=C(O)C(F)(F)F.O=C(O)C(F)(F)F. The van der Waals surface area contributed by atoms with E-state index in [0.717, 1.165) is 16.6 Å². The van der Waals surface area contributed by atoms with Gasteiger partial charge in [0.05, 0.1) is 24.0 Å². The number of aromatic amines is 1. The molecule has 0 bridgehead atoms. The van der Waals surface area contributed by atoms with Crippen LogP contribution in [0.3, 0.4) is 0 Å². The van der Waals surface area contributed by atoms with Crippen LogP contribution in [-0.2, 0) is 16.1 Å². The van der Waals surface area contributed by atoms with Crippen LogP contribution in [0.2, 0.25) is 0 Å². The van der Waals surface area contributed by atoms with E-state index in [1.54, 1.807) is 18.2 Å². The average molecular weight is 536 g/mol. The lowest BCUT2D eigenvalue weighted by Gasteiger charge is -2.00. The molecule has 1 aromatic carbocycles. The molecule has 0 spiro atoms. The molecule has 17 heteroatoms. The highest BCUT2D eigenvalue weighted by atomic mass is 19.4. The number of carboxylic acid groups (broad SMARTS) is 2. The number of para-hydroxylation sites is 1. The molecule has 11 nitrogen and oxygen atoms in total. The second-order valence-electron chi connectivity index (χ2n) is 6.56. The van der Waals surface area contributed by atoms with E-state index in [2.05, 4.69) is 20.7 Å². The number of aromatic nitrogens is 3. The van der Waals surface area contributed by atoms with Crippen molar-refractivity contribution in [1.29, 1.82) is 0 Å². The number of amides is 1. The second kappa shape index (κ2) is 11.7. The molecule has 4 rings (SSSR count). The lowest BCUT2D eigenvalue weighted by Crippen LogP contribution is -2.23. The van der Waals surface area contributed by atoms with Crippen LogP contribution in [0.5, 0.6) is 0 Å². The number of carbonyl (C=O) groups excluding carboxylic acids is 1. The summed E-state index contributed by atoms with van der Waals surface area (Å²) >= 11 is 0. The van der Waals surface area contributed by atoms with E-state index < -0.39 is 24.3 Å². The molecule has 0 saturated carbocycles. The zero-order valence-corrected chi connectivity index (χ0v) is 17.9. The maximum Gasteiger partial charge on any atom is 0.490 e. The number of carboxylic acids is 2. The first kappa shape index (κ1) is 28.4. The highest BCUT2D eigenvalue weighted by Gasteiger charge is 2.38. The number of rotatable bonds is 4. The third kappa shape index (κ3) is 8.41. The molecule has 198 valence electrons. The third-order valence-electron chi connectivity index (χ3n) is 3.96. The topological polar surface area (TPSA) is 172 Å². The maximum absolute atomic E-state index is 12.2. The van der Waals surface area contributed by atoms with Crippen molar-refractivity contribution in [3.8, 4) is 11.5 Å². The van der Waals surface area contributed by atoms with Crippen LogP contribution in [0.15, 0.2) is 57.7 Å². The molecule has 3 aromatic heterocycles. The molecule has 4 aromatic rings. The molecule has 4 N–H and O–H groups in total. The summed E-state index contributed by atoms with van der Waals surface area (Å²) in [4.78, 5) is 30.0. The number of carbonyl (C=O) groups is 3. The van der Waals surface area contributed by atoms with Crippen LogP contribution in [0.4, 0.5) is 26.3 Å². The van der Waals surface area contributed by atoms with Gasteiger partial charge in [0, 0.05) is 11.5 Å². The van der Waals surface area contributed by atoms with Crippen LogP contribution in [0.1, 0.15) is 16.2 Å². The van der Waals surface area contributed by atoms with Gasteiger partial charge in [0.15, 0.2) is 11.5 Å². The Kier molecular flexibility index (Phi) is 9.01. The predicted octanol–water partition coefficient (Wildman–Crippen LogP) is 4.01. The van der Waals surface area contributed by atoms with Crippen LogP contribution in [0.25, 0.3) is 22.4 Å². The Morgan fingerprint density at radius 1 is 0.919 bits per heavy atom.